The van der Waals surface area contributed by atoms with Gasteiger partial charge in [-0.2, -0.15) is 0 Å². The maximum Gasteiger partial charge on any atom is 0.573 e. The van der Waals surface area contributed by atoms with E-state index in [1.165, 1.54) is 12.1 Å². The molecule has 2 rings (SSSR count). The summed E-state index contributed by atoms with van der Waals surface area (Å²) < 4.78 is 42.1. The lowest BCUT2D eigenvalue weighted by molar-refractivity contribution is -0.274. The molecule has 0 atom stereocenters. The van der Waals surface area contributed by atoms with Gasteiger partial charge in [0.2, 0.25) is 0 Å². The average molecular weight is 269 g/mol. The largest absolute Gasteiger partial charge is 0.573 e. The van der Waals surface area contributed by atoms with E-state index in [1.807, 2.05) is 30.5 Å². The second-order valence-corrected chi connectivity index (χ2v) is 4.20. The van der Waals surface area contributed by atoms with Crippen LogP contribution >= 0.6 is 0 Å². The van der Waals surface area contributed by atoms with Gasteiger partial charge in [-0.3, -0.25) is 0 Å². The number of hydrogen-bond acceptors (Lipinski definition) is 1. The van der Waals surface area contributed by atoms with Crippen LogP contribution < -0.4 is 4.74 Å². The quantitative estimate of drug-likeness (QED) is 0.812. The van der Waals surface area contributed by atoms with Crippen molar-refractivity contribution >= 4 is 0 Å². The first-order valence-electron chi connectivity index (χ1n) is 5.94. The molecule has 0 N–H and O–H groups in total. The first kappa shape index (κ1) is 13.5. The van der Waals surface area contributed by atoms with E-state index < -0.39 is 6.36 Å². The summed E-state index contributed by atoms with van der Waals surface area (Å²) >= 11 is 0. The van der Waals surface area contributed by atoms with Crippen molar-refractivity contribution in [2.24, 2.45) is 0 Å². The Labute approximate surface area is 109 Å². The molecule has 0 bridgehead atoms. The van der Waals surface area contributed by atoms with Crippen molar-refractivity contribution in [3.63, 3.8) is 0 Å². The molecule has 1 aromatic heterocycles. The maximum absolute atomic E-state index is 12.1. The van der Waals surface area contributed by atoms with Gasteiger partial charge in [-0.25, -0.2) is 0 Å². The second-order valence-electron chi connectivity index (χ2n) is 4.20. The minimum Gasteiger partial charge on any atom is -0.406 e. The van der Waals surface area contributed by atoms with E-state index in [1.54, 1.807) is 12.1 Å². The van der Waals surface area contributed by atoms with Crippen LogP contribution in [0.15, 0.2) is 36.4 Å². The predicted molar refractivity (Wildman–Crippen MR) is 66.6 cm³/mol. The Hall–Kier alpha value is -1.91. The van der Waals surface area contributed by atoms with Gasteiger partial charge in [0.15, 0.2) is 0 Å². The Kier molecular flexibility index (Phi) is 3.55. The summed E-state index contributed by atoms with van der Waals surface area (Å²) in [5.74, 6) is -0.209. The van der Waals surface area contributed by atoms with Crippen molar-refractivity contribution in [3.8, 4) is 11.4 Å². The molecule has 0 radical (unpaired) electrons. The minimum absolute atomic E-state index is 0.209. The van der Waals surface area contributed by atoms with Crippen molar-refractivity contribution in [2.45, 2.75) is 26.6 Å². The molecule has 0 saturated carbocycles. The number of aryl methyl sites for hydroxylation is 2. The molecule has 5 heteroatoms. The van der Waals surface area contributed by atoms with E-state index >= 15 is 0 Å². The Morgan fingerprint density at radius 3 is 2.21 bits per heavy atom. The van der Waals surface area contributed by atoms with E-state index in [0.29, 0.717) is 0 Å². The number of benzene rings is 1. The van der Waals surface area contributed by atoms with Crippen LogP contribution in [0.25, 0.3) is 5.69 Å². The lowest BCUT2D eigenvalue weighted by Crippen LogP contribution is -2.17. The minimum atomic E-state index is -4.65. The van der Waals surface area contributed by atoms with Crippen LogP contribution in [0.5, 0.6) is 5.75 Å². The highest BCUT2D eigenvalue weighted by atomic mass is 19.4. The van der Waals surface area contributed by atoms with Gasteiger partial charge >= 0.3 is 6.36 Å². The third kappa shape index (κ3) is 3.10. The summed E-state index contributed by atoms with van der Waals surface area (Å²) in [7, 11) is 0. The SMILES string of the molecule is CCc1ccc(C)n1-c1ccc(OC(F)(F)F)cc1. The topological polar surface area (TPSA) is 14.2 Å². The Bertz CT molecular complexity index is 555. The first-order valence-corrected chi connectivity index (χ1v) is 5.94. The van der Waals surface area contributed by atoms with E-state index in [4.69, 9.17) is 0 Å². The fourth-order valence-corrected chi connectivity index (χ4v) is 2.03. The molecule has 19 heavy (non-hydrogen) atoms. The number of hydrogen-bond donors (Lipinski definition) is 0. The smallest absolute Gasteiger partial charge is 0.406 e. The van der Waals surface area contributed by atoms with E-state index in [9.17, 15) is 13.2 Å². The molecule has 0 saturated heterocycles. The third-order valence-corrected chi connectivity index (χ3v) is 2.85. The highest BCUT2D eigenvalue weighted by Gasteiger charge is 2.30. The van der Waals surface area contributed by atoms with Crippen LogP contribution in [0.1, 0.15) is 18.3 Å². The lowest BCUT2D eigenvalue weighted by atomic mass is 10.2. The van der Waals surface area contributed by atoms with Gasteiger partial charge in [-0.15, -0.1) is 13.2 Å². The van der Waals surface area contributed by atoms with Crippen LogP contribution in [-0.2, 0) is 6.42 Å². The van der Waals surface area contributed by atoms with Gasteiger partial charge in [0.05, 0.1) is 0 Å². The summed E-state index contributed by atoms with van der Waals surface area (Å²) in [5, 5.41) is 0. The molecule has 0 aliphatic carbocycles. The summed E-state index contributed by atoms with van der Waals surface area (Å²) in [6.07, 6.45) is -3.80. The molecule has 0 spiro atoms. The summed E-state index contributed by atoms with van der Waals surface area (Å²) in [4.78, 5) is 0. The zero-order valence-electron chi connectivity index (χ0n) is 10.7. The van der Waals surface area contributed by atoms with Gasteiger partial charge in [0.25, 0.3) is 0 Å². The normalized spacial score (nSPS) is 11.6. The zero-order chi connectivity index (χ0) is 14.0. The summed E-state index contributed by atoms with van der Waals surface area (Å²) in [5.41, 5.74) is 2.98. The molecule has 0 fully saturated rings. The number of halogens is 3. The molecular formula is C14H14F3NO. The number of nitrogens with zero attached hydrogens (tertiary/aromatic N) is 1. The monoisotopic (exact) mass is 269 g/mol. The first-order chi connectivity index (χ1) is 8.90. The molecule has 1 aromatic carbocycles. The molecule has 0 aliphatic rings. The standard InChI is InChI=1S/C14H14F3NO/c1-3-11-5-4-10(2)18(11)12-6-8-13(9-7-12)19-14(15,16)17/h4-9H,3H2,1-2H3. The number of alkyl halides is 3. The van der Waals surface area contributed by atoms with E-state index in [2.05, 4.69) is 4.74 Å². The number of ether oxygens (including phenoxy) is 1. The third-order valence-electron chi connectivity index (χ3n) is 2.85. The van der Waals surface area contributed by atoms with E-state index in [0.717, 1.165) is 23.5 Å². The number of rotatable bonds is 3. The van der Waals surface area contributed by atoms with Crippen molar-refractivity contribution in [1.82, 2.24) is 4.57 Å². The number of aromatic nitrogens is 1. The molecule has 102 valence electrons. The fourth-order valence-electron chi connectivity index (χ4n) is 2.03. The van der Waals surface area contributed by atoms with Gasteiger partial charge < -0.3 is 9.30 Å². The fraction of sp³-hybridized carbons (Fsp3) is 0.286. The Morgan fingerprint density at radius 2 is 1.68 bits per heavy atom. The van der Waals surface area contributed by atoms with E-state index in [-0.39, 0.29) is 5.75 Å². The molecule has 2 nitrogen and oxygen atoms in total. The molecule has 0 amide bonds. The van der Waals surface area contributed by atoms with Gasteiger partial charge in [-0.05, 0) is 49.7 Å². The average Bonchev–Trinajstić information content (AvgIpc) is 2.69. The van der Waals surface area contributed by atoms with Crippen molar-refractivity contribution in [3.05, 3.63) is 47.8 Å². The molecule has 0 aliphatic heterocycles. The lowest BCUT2D eigenvalue weighted by Gasteiger charge is -2.13. The molecule has 1 heterocycles. The van der Waals surface area contributed by atoms with Crippen molar-refractivity contribution < 1.29 is 17.9 Å². The Morgan fingerprint density at radius 1 is 1.05 bits per heavy atom. The highest BCUT2D eigenvalue weighted by molar-refractivity contribution is 5.41. The van der Waals surface area contributed by atoms with Gasteiger partial charge in [0, 0.05) is 17.1 Å². The maximum atomic E-state index is 12.1. The molecule has 0 unspecified atom stereocenters. The van der Waals surface area contributed by atoms with Crippen LogP contribution in [-0.4, -0.2) is 10.9 Å². The predicted octanol–water partition coefficient (Wildman–Crippen LogP) is 4.25. The molecule has 2 aromatic rings. The summed E-state index contributed by atoms with van der Waals surface area (Å²) in [6, 6.07) is 9.87. The summed E-state index contributed by atoms with van der Waals surface area (Å²) in [6.45, 7) is 3.99. The van der Waals surface area contributed by atoms with Crippen LogP contribution in [0.2, 0.25) is 0 Å². The highest BCUT2D eigenvalue weighted by Crippen LogP contribution is 2.25. The van der Waals surface area contributed by atoms with Gasteiger partial charge in [0.1, 0.15) is 5.75 Å². The zero-order valence-corrected chi connectivity index (χ0v) is 10.7. The second kappa shape index (κ2) is 4.99. The van der Waals surface area contributed by atoms with Crippen LogP contribution in [0.3, 0.4) is 0 Å². The van der Waals surface area contributed by atoms with Crippen molar-refractivity contribution in [1.29, 1.82) is 0 Å². The molecular weight excluding hydrogens is 255 g/mol. The van der Waals surface area contributed by atoms with Crippen molar-refractivity contribution in [2.75, 3.05) is 0 Å². The Balaban J connectivity index is 2.30. The van der Waals surface area contributed by atoms with Crippen LogP contribution in [0, 0.1) is 6.92 Å². The van der Waals surface area contributed by atoms with Gasteiger partial charge in [-0.1, -0.05) is 6.92 Å². The van der Waals surface area contributed by atoms with Crippen LogP contribution in [0.4, 0.5) is 13.2 Å².